The first-order valence-corrected chi connectivity index (χ1v) is 8.92. The monoisotopic (exact) mass is 367 g/mol. The zero-order valence-electron chi connectivity index (χ0n) is 15.0. The van der Waals surface area contributed by atoms with Gasteiger partial charge in [0.05, 0.1) is 11.2 Å². The number of esters is 1. The highest BCUT2D eigenvalue weighted by atomic mass is 16.5. The lowest BCUT2D eigenvalue weighted by atomic mass is 10.0. The lowest BCUT2D eigenvalue weighted by Gasteiger charge is -2.04. The number of rotatable bonds is 5. The maximum atomic E-state index is 12.3. The van der Waals surface area contributed by atoms with Gasteiger partial charge in [0.1, 0.15) is 0 Å². The molecule has 0 bridgehead atoms. The smallest absolute Gasteiger partial charge is 0.331 e. The molecule has 1 heterocycles. The Labute approximate surface area is 162 Å². The van der Waals surface area contributed by atoms with E-state index in [4.69, 9.17) is 4.74 Å². The van der Waals surface area contributed by atoms with Crippen LogP contribution < -0.4 is 0 Å². The second kappa shape index (κ2) is 7.84. The predicted molar refractivity (Wildman–Crippen MR) is 110 cm³/mol. The van der Waals surface area contributed by atoms with Gasteiger partial charge in [0.2, 0.25) is 0 Å². The summed E-state index contributed by atoms with van der Waals surface area (Å²) < 4.78 is 5.08. The van der Waals surface area contributed by atoms with Crippen molar-refractivity contribution in [3.05, 3.63) is 96.2 Å². The summed E-state index contributed by atoms with van der Waals surface area (Å²) in [5, 5.41) is 3.06. The molecule has 0 aliphatic carbocycles. The quantitative estimate of drug-likeness (QED) is 0.288. The average Bonchev–Trinajstić information content (AvgIpc) is 2.75. The molecule has 0 saturated heterocycles. The van der Waals surface area contributed by atoms with Gasteiger partial charge in [-0.05, 0) is 35.0 Å². The van der Waals surface area contributed by atoms with Gasteiger partial charge < -0.3 is 4.74 Å². The molecule has 4 rings (SSSR count). The third-order valence-electron chi connectivity index (χ3n) is 4.43. The third kappa shape index (κ3) is 3.96. The summed E-state index contributed by atoms with van der Waals surface area (Å²) in [5.41, 5.74) is 2.02. The van der Waals surface area contributed by atoms with E-state index in [0.29, 0.717) is 11.3 Å². The molecule has 0 amide bonds. The van der Waals surface area contributed by atoms with Crippen LogP contribution in [0.5, 0.6) is 0 Å². The molecular weight excluding hydrogens is 350 g/mol. The van der Waals surface area contributed by atoms with Crippen molar-refractivity contribution in [2.24, 2.45) is 0 Å². The van der Waals surface area contributed by atoms with Crippen molar-refractivity contribution in [2.75, 3.05) is 6.61 Å². The van der Waals surface area contributed by atoms with Gasteiger partial charge in [-0.2, -0.15) is 0 Å². The molecule has 4 nitrogen and oxygen atoms in total. The van der Waals surface area contributed by atoms with Crippen LogP contribution in [0.4, 0.5) is 0 Å². The predicted octanol–water partition coefficient (Wildman–Crippen LogP) is 4.83. The second-order valence-corrected chi connectivity index (χ2v) is 6.35. The largest absolute Gasteiger partial charge is 0.454 e. The Balaban J connectivity index is 1.38. The van der Waals surface area contributed by atoms with Gasteiger partial charge >= 0.3 is 5.97 Å². The minimum absolute atomic E-state index is 0.240. The van der Waals surface area contributed by atoms with Crippen molar-refractivity contribution in [3.63, 3.8) is 0 Å². The maximum Gasteiger partial charge on any atom is 0.331 e. The van der Waals surface area contributed by atoms with Crippen LogP contribution in [-0.4, -0.2) is 23.3 Å². The summed E-state index contributed by atoms with van der Waals surface area (Å²) in [6.07, 6.45) is 2.86. The summed E-state index contributed by atoms with van der Waals surface area (Å²) in [5.74, 6) is -0.819. The van der Waals surface area contributed by atoms with Crippen molar-refractivity contribution >= 4 is 39.5 Å². The highest BCUT2D eigenvalue weighted by Gasteiger charge is 2.09. The number of nitrogens with zero attached hydrogens (tertiary/aromatic N) is 1. The number of fused-ring (bicyclic) bond motifs is 2. The van der Waals surface area contributed by atoms with Gasteiger partial charge in [0, 0.05) is 17.0 Å². The fourth-order valence-electron chi connectivity index (χ4n) is 2.96. The number of aromatic nitrogens is 1. The van der Waals surface area contributed by atoms with E-state index in [1.165, 1.54) is 6.08 Å². The van der Waals surface area contributed by atoms with E-state index < -0.39 is 5.97 Å². The zero-order valence-corrected chi connectivity index (χ0v) is 15.0. The van der Waals surface area contributed by atoms with E-state index in [9.17, 15) is 9.59 Å². The highest BCUT2D eigenvalue weighted by Crippen LogP contribution is 2.16. The number of ether oxygens (including phenoxy) is 1. The number of hydrogen-bond donors (Lipinski definition) is 0. The van der Waals surface area contributed by atoms with Crippen molar-refractivity contribution in [1.29, 1.82) is 0 Å². The average molecular weight is 367 g/mol. The molecule has 28 heavy (non-hydrogen) atoms. The molecule has 0 N–H and O–H groups in total. The number of para-hydroxylation sites is 1. The molecule has 1 aromatic heterocycles. The number of Topliss-reactive ketones (excluding diaryl/α,β-unsaturated/α-hetero) is 1. The van der Waals surface area contributed by atoms with E-state index in [1.54, 1.807) is 18.2 Å². The van der Waals surface area contributed by atoms with E-state index in [0.717, 1.165) is 21.7 Å². The SMILES string of the molecule is O=C(/C=C/c1ccc2ccccc2n1)OCC(=O)c1ccc2ccccc2c1. The van der Waals surface area contributed by atoms with Gasteiger partial charge in [-0.1, -0.05) is 60.7 Å². The van der Waals surface area contributed by atoms with Crippen LogP contribution in [0.25, 0.3) is 27.8 Å². The first-order valence-electron chi connectivity index (χ1n) is 8.92. The molecule has 0 saturated carbocycles. The second-order valence-electron chi connectivity index (χ2n) is 6.35. The lowest BCUT2D eigenvalue weighted by molar-refractivity contribution is -0.136. The summed E-state index contributed by atoms with van der Waals surface area (Å²) in [4.78, 5) is 28.7. The van der Waals surface area contributed by atoms with Crippen molar-refractivity contribution in [3.8, 4) is 0 Å². The van der Waals surface area contributed by atoms with E-state index in [1.807, 2.05) is 66.7 Å². The third-order valence-corrected chi connectivity index (χ3v) is 4.43. The molecule has 0 spiro atoms. The molecule has 136 valence electrons. The maximum absolute atomic E-state index is 12.3. The number of benzene rings is 3. The van der Waals surface area contributed by atoms with E-state index >= 15 is 0 Å². The van der Waals surface area contributed by atoms with Crippen LogP contribution in [0.3, 0.4) is 0 Å². The zero-order chi connectivity index (χ0) is 19.3. The molecule has 0 atom stereocenters. The Kier molecular flexibility index (Phi) is 4.93. The Bertz CT molecular complexity index is 1210. The van der Waals surface area contributed by atoms with Crippen LogP contribution >= 0.6 is 0 Å². The fourth-order valence-corrected chi connectivity index (χ4v) is 2.96. The van der Waals surface area contributed by atoms with E-state index in [-0.39, 0.29) is 12.4 Å². The topological polar surface area (TPSA) is 56.3 Å². The highest BCUT2D eigenvalue weighted by molar-refractivity contribution is 6.01. The fraction of sp³-hybridized carbons (Fsp3) is 0.0417. The summed E-state index contributed by atoms with van der Waals surface area (Å²) >= 11 is 0. The Morgan fingerprint density at radius 2 is 1.54 bits per heavy atom. The minimum atomic E-state index is -0.580. The first kappa shape index (κ1) is 17.6. The Morgan fingerprint density at radius 3 is 2.39 bits per heavy atom. The number of pyridine rings is 1. The van der Waals surface area contributed by atoms with Crippen LogP contribution in [0.15, 0.2) is 84.9 Å². The molecular formula is C24H17NO3. The normalized spacial score (nSPS) is 11.1. The molecule has 0 aliphatic heterocycles. The number of ketones is 1. The number of hydrogen-bond acceptors (Lipinski definition) is 4. The number of carbonyl (C=O) groups is 2. The Morgan fingerprint density at radius 1 is 0.821 bits per heavy atom. The van der Waals surface area contributed by atoms with Crippen molar-refractivity contribution < 1.29 is 14.3 Å². The Hall–Kier alpha value is -3.79. The molecule has 4 aromatic rings. The lowest BCUT2D eigenvalue weighted by Crippen LogP contribution is -2.12. The molecule has 0 unspecified atom stereocenters. The van der Waals surface area contributed by atoms with Gasteiger partial charge in [-0.15, -0.1) is 0 Å². The summed E-state index contributed by atoms with van der Waals surface area (Å²) in [6, 6.07) is 24.7. The summed E-state index contributed by atoms with van der Waals surface area (Å²) in [7, 11) is 0. The van der Waals surface area contributed by atoms with E-state index in [2.05, 4.69) is 4.98 Å². The van der Waals surface area contributed by atoms with Crippen LogP contribution in [0.1, 0.15) is 16.1 Å². The van der Waals surface area contributed by atoms with Gasteiger partial charge in [-0.3, -0.25) is 4.79 Å². The molecule has 0 radical (unpaired) electrons. The molecule has 4 heteroatoms. The van der Waals surface area contributed by atoms with Crippen LogP contribution in [-0.2, 0) is 9.53 Å². The molecule has 0 aliphatic rings. The molecule has 3 aromatic carbocycles. The number of carbonyl (C=O) groups excluding carboxylic acids is 2. The first-order chi connectivity index (χ1) is 13.7. The van der Waals surface area contributed by atoms with Crippen LogP contribution in [0.2, 0.25) is 0 Å². The standard InChI is InChI=1S/C24H17NO3/c26-23(20-10-9-17-5-1-2-7-19(17)15-20)16-28-24(27)14-13-21-12-11-18-6-3-4-8-22(18)25-21/h1-15H,16H2/b14-13+. The van der Waals surface area contributed by atoms with Crippen LogP contribution in [0, 0.1) is 0 Å². The summed E-state index contributed by atoms with van der Waals surface area (Å²) in [6.45, 7) is -0.299. The minimum Gasteiger partial charge on any atom is -0.454 e. The van der Waals surface area contributed by atoms with Gasteiger partial charge in [0.15, 0.2) is 12.4 Å². The van der Waals surface area contributed by atoms with Gasteiger partial charge in [0.25, 0.3) is 0 Å². The van der Waals surface area contributed by atoms with Crippen molar-refractivity contribution in [2.45, 2.75) is 0 Å². The van der Waals surface area contributed by atoms with Crippen molar-refractivity contribution in [1.82, 2.24) is 4.98 Å². The van der Waals surface area contributed by atoms with Gasteiger partial charge in [-0.25, -0.2) is 9.78 Å². The molecule has 0 fully saturated rings.